The van der Waals surface area contributed by atoms with Gasteiger partial charge in [0.15, 0.2) is 0 Å². The molecule has 1 aliphatic heterocycles. The molecule has 1 fully saturated rings. The van der Waals surface area contributed by atoms with Crippen molar-refractivity contribution < 1.29 is 9.59 Å². The Hall–Kier alpha value is -2.33. The number of hydrogen-bond acceptors (Lipinski definition) is 2. The van der Waals surface area contributed by atoms with Gasteiger partial charge in [0.05, 0.1) is 17.1 Å². The first-order valence-corrected chi connectivity index (χ1v) is 8.36. The van der Waals surface area contributed by atoms with Crippen molar-refractivity contribution in [1.29, 1.82) is 0 Å². The van der Waals surface area contributed by atoms with E-state index in [-0.39, 0.29) is 18.2 Å². The van der Waals surface area contributed by atoms with Crippen LogP contribution in [-0.4, -0.2) is 18.4 Å². The van der Waals surface area contributed by atoms with Crippen LogP contribution in [0.1, 0.15) is 24.0 Å². The predicted molar refractivity (Wildman–Crippen MR) is 96.6 cm³/mol. The molecule has 2 amide bonds. The van der Waals surface area contributed by atoms with E-state index in [1.807, 2.05) is 43.3 Å². The topological polar surface area (TPSA) is 49.4 Å². The molecule has 2 aromatic rings. The van der Waals surface area contributed by atoms with Crippen LogP contribution in [0.5, 0.6) is 0 Å². The normalized spacial score (nSPS) is 14.1. The number of nitrogens with one attached hydrogen (secondary N) is 1. The first kappa shape index (κ1) is 16.5. The summed E-state index contributed by atoms with van der Waals surface area (Å²) in [4.78, 5) is 25.7. The highest BCUT2D eigenvalue weighted by molar-refractivity contribution is 6.33. The van der Waals surface area contributed by atoms with Crippen LogP contribution in [0.25, 0.3) is 0 Å². The minimum atomic E-state index is -0.120. The molecule has 4 nitrogen and oxygen atoms in total. The smallest absolute Gasteiger partial charge is 0.228 e. The van der Waals surface area contributed by atoms with Gasteiger partial charge >= 0.3 is 0 Å². The molecular weight excluding hydrogens is 324 g/mol. The Morgan fingerprint density at radius 2 is 1.96 bits per heavy atom. The van der Waals surface area contributed by atoms with Gasteiger partial charge in [0.1, 0.15) is 0 Å². The highest BCUT2D eigenvalue weighted by Crippen LogP contribution is 2.24. The minimum absolute atomic E-state index is 0.120. The van der Waals surface area contributed by atoms with Gasteiger partial charge in [0.2, 0.25) is 11.8 Å². The lowest BCUT2D eigenvalue weighted by atomic mass is 10.1. The van der Waals surface area contributed by atoms with Crippen molar-refractivity contribution in [2.24, 2.45) is 0 Å². The number of anilines is 2. The Morgan fingerprint density at radius 3 is 2.58 bits per heavy atom. The molecule has 0 radical (unpaired) electrons. The number of halogens is 1. The maximum Gasteiger partial charge on any atom is 0.228 e. The van der Waals surface area contributed by atoms with E-state index in [4.69, 9.17) is 11.6 Å². The third kappa shape index (κ3) is 3.77. The molecule has 3 rings (SSSR count). The number of benzene rings is 2. The Morgan fingerprint density at radius 1 is 1.21 bits per heavy atom. The fourth-order valence-electron chi connectivity index (χ4n) is 2.82. The number of carbonyl (C=O) groups is 2. The Kier molecular flexibility index (Phi) is 4.86. The lowest BCUT2D eigenvalue weighted by molar-refractivity contribution is -0.117. The average Bonchev–Trinajstić information content (AvgIpc) is 2.97. The summed E-state index contributed by atoms with van der Waals surface area (Å²) in [5, 5.41) is 3.36. The Labute approximate surface area is 146 Å². The van der Waals surface area contributed by atoms with E-state index in [1.165, 1.54) is 0 Å². The van der Waals surface area contributed by atoms with Crippen LogP contribution in [0.4, 0.5) is 11.4 Å². The Bertz CT molecular complexity index is 771. The molecule has 1 heterocycles. The third-order valence-corrected chi connectivity index (χ3v) is 4.40. The number of amides is 2. The molecule has 5 heteroatoms. The molecular formula is C19H19ClN2O2. The second-order valence-electron chi connectivity index (χ2n) is 6.02. The van der Waals surface area contributed by atoms with Crippen LogP contribution in [0.15, 0.2) is 42.5 Å². The second kappa shape index (κ2) is 7.05. The van der Waals surface area contributed by atoms with Gasteiger partial charge < -0.3 is 10.2 Å². The fraction of sp³-hybridized carbons (Fsp3) is 0.263. The van der Waals surface area contributed by atoms with Crippen molar-refractivity contribution in [2.45, 2.75) is 26.2 Å². The summed E-state index contributed by atoms with van der Waals surface area (Å²) >= 11 is 6.13. The molecule has 1 aliphatic rings. The largest absolute Gasteiger partial charge is 0.324 e. The zero-order chi connectivity index (χ0) is 17.1. The molecule has 0 atom stereocenters. The summed E-state index contributed by atoms with van der Waals surface area (Å²) in [7, 11) is 0. The molecule has 0 aliphatic carbocycles. The van der Waals surface area contributed by atoms with Gasteiger partial charge in [-0.05, 0) is 48.7 Å². The average molecular weight is 343 g/mol. The van der Waals surface area contributed by atoms with Gasteiger partial charge in [0.25, 0.3) is 0 Å². The van der Waals surface area contributed by atoms with Crippen molar-refractivity contribution in [3.63, 3.8) is 0 Å². The number of rotatable bonds is 4. The predicted octanol–water partition coefficient (Wildman–Crippen LogP) is 3.96. The number of carbonyl (C=O) groups excluding carboxylic acids is 2. The fourth-order valence-corrected chi connectivity index (χ4v) is 3.10. The second-order valence-corrected chi connectivity index (χ2v) is 6.43. The molecule has 2 aromatic carbocycles. The van der Waals surface area contributed by atoms with Crippen LogP contribution >= 0.6 is 11.6 Å². The van der Waals surface area contributed by atoms with Gasteiger partial charge in [-0.2, -0.15) is 0 Å². The number of nitrogens with zero attached hydrogens (tertiary/aromatic N) is 1. The molecule has 24 heavy (non-hydrogen) atoms. The summed E-state index contributed by atoms with van der Waals surface area (Å²) in [6.45, 7) is 2.72. The molecule has 1 saturated heterocycles. The summed E-state index contributed by atoms with van der Waals surface area (Å²) in [6, 6.07) is 13.1. The third-order valence-electron chi connectivity index (χ3n) is 4.08. The van der Waals surface area contributed by atoms with E-state index in [0.29, 0.717) is 17.1 Å². The van der Waals surface area contributed by atoms with Crippen LogP contribution in [0.3, 0.4) is 0 Å². The van der Waals surface area contributed by atoms with Gasteiger partial charge in [-0.15, -0.1) is 0 Å². The number of aryl methyl sites for hydroxylation is 1. The maximum absolute atomic E-state index is 12.2. The molecule has 0 saturated carbocycles. The van der Waals surface area contributed by atoms with Gasteiger partial charge in [-0.3, -0.25) is 9.59 Å². The zero-order valence-electron chi connectivity index (χ0n) is 13.5. The van der Waals surface area contributed by atoms with Gasteiger partial charge in [-0.1, -0.05) is 29.8 Å². The maximum atomic E-state index is 12.2. The van der Waals surface area contributed by atoms with Crippen LogP contribution in [-0.2, 0) is 16.0 Å². The van der Waals surface area contributed by atoms with Gasteiger partial charge in [0, 0.05) is 18.7 Å². The molecule has 0 spiro atoms. The quantitative estimate of drug-likeness (QED) is 0.914. The van der Waals surface area contributed by atoms with Crippen LogP contribution in [0.2, 0.25) is 5.02 Å². The van der Waals surface area contributed by atoms with E-state index < -0.39 is 0 Å². The first-order valence-electron chi connectivity index (χ1n) is 7.98. The summed E-state index contributed by atoms with van der Waals surface area (Å²) in [5.41, 5.74) is 3.45. The van der Waals surface area contributed by atoms with Crippen molar-refractivity contribution in [1.82, 2.24) is 0 Å². The Balaban J connectivity index is 1.63. The molecule has 124 valence electrons. The molecule has 0 unspecified atom stereocenters. The lowest BCUT2D eigenvalue weighted by Gasteiger charge is -2.16. The SMILES string of the molecule is Cc1ccc(NC(=O)Cc2ccc(N3CCCC3=O)cc2)c(Cl)c1. The van der Waals surface area contributed by atoms with Crippen molar-refractivity contribution >= 4 is 34.8 Å². The highest BCUT2D eigenvalue weighted by atomic mass is 35.5. The highest BCUT2D eigenvalue weighted by Gasteiger charge is 2.21. The summed E-state index contributed by atoms with van der Waals surface area (Å²) in [6.07, 6.45) is 1.78. The van der Waals surface area contributed by atoms with E-state index in [9.17, 15) is 9.59 Å². The number of hydrogen-bond donors (Lipinski definition) is 1. The summed E-state index contributed by atoms with van der Waals surface area (Å²) in [5.74, 6) is 0.0419. The standard InChI is InChI=1S/C19H19ClN2O2/c1-13-4-9-17(16(20)11-13)21-18(23)12-14-5-7-15(8-6-14)22-10-2-3-19(22)24/h4-9,11H,2-3,10,12H2,1H3,(H,21,23). The molecule has 0 aromatic heterocycles. The molecule has 1 N–H and O–H groups in total. The van der Waals surface area contributed by atoms with Gasteiger partial charge in [-0.25, -0.2) is 0 Å². The summed E-state index contributed by atoms with van der Waals surface area (Å²) < 4.78 is 0. The first-order chi connectivity index (χ1) is 11.5. The van der Waals surface area contributed by atoms with Crippen molar-refractivity contribution in [3.8, 4) is 0 Å². The van der Waals surface area contributed by atoms with Crippen LogP contribution in [0, 0.1) is 6.92 Å². The van der Waals surface area contributed by atoms with E-state index in [1.54, 1.807) is 11.0 Å². The van der Waals surface area contributed by atoms with E-state index in [0.717, 1.165) is 29.8 Å². The lowest BCUT2D eigenvalue weighted by Crippen LogP contribution is -2.23. The van der Waals surface area contributed by atoms with E-state index in [2.05, 4.69) is 5.32 Å². The minimum Gasteiger partial charge on any atom is -0.324 e. The van der Waals surface area contributed by atoms with E-state index >= 15 is 0 Å². The van der Waals surface area contributed by atoms with Crippen molar-refractivity contribution in [2.75, 3.05) is 16.8 Å². The molecule has 0 bridgehead atoms. The monoisotopic (exact) mass is 342 g/mol. The van der Waals surface area contributed by atoms with Crippen LogP contribution < -0.4 is 10.2 Å². The van der Waals surface area contributed by atoms with Crippen molar-refractivity contribution in [3.05, 3.63) is 58.6 Å². The zero-order valence-corrected chi connectivity index (χ0v) is 14.3.